The average molecular weight is 280 g/mol. The average Bonchev–Trinajstić information content (AvgIpc) is 3.00. The van der Waals surface area contributed by atoms with Gasteiger partial charge in [0.1, 0.15) is 17.5 Å². The Kier molecular flexibility index (Phi) is 3.66. The summed E-state index contributed by atoms with van der Waals surface area (Å²) in [7, 11) is 0. The minimum Gasteiger partial charge on any atom is -0.383 e. The molecule has 1 aliphatic rings. The van der Waals surface area contributed by atoms with Gasteiger partial charge in [-0.3, -0.25) is 0 Å². The van der Waals surface area contributed by atoms with E-state index >= 15 is 0 Å². The Morgan fingerprint density at radius 1 is 1.52 bits per heavy atom. The maximum atomic E-state index is 9.49. The molecule has 0 amide bonds. The molecule has 4 nitrogen and oxygen atoms in total. The molecule has 3 rings (SSSR count). The van der Waals surface area contributed by atoms with Crippen molar-refractivity contribution in [1.82, 2.24) is 9.97 Å². The van der Waals surface area contributed by atoms with E-state index in [1.807, 2.05) is 18.3 Å². The highest BCUT2D eigenvalue weighted by atomic mass is 14.9. The van der Waals surface area contributed by atoms with Gasteiger partial charge in [0, 0.05) is 23.1 Å². The summed E-state index contributed by atoms with van der Waals surface area (Å²) < 4.78 is 0. The van der Waals surface area contributed by atoms with E-state index in [1.165, 1.54) is 24.8 Å². The van der Waals surface area contributed by atoms with E-state index in [-0.39, 0.29) is 0 Å². The van der Waals surface area contributed by atoms with Crippen LogP contribution >= 0.6 is 0 Å². The Hall–Kier alpha value is -2.28. The van der Waals surface area contributed by atoms with Crippen LogP contribution < -0.4 is 5.73 Å². The van der Waals surface area contributed by atoms with Crippen LogP contribution in [0.2, 0.25) is 0 Å². The monoisotopic (exact) mass is 280 g/mol. The highest BCUT2D eigenvalue weighted by Crippen LogP contribution is 2.37. The molecular weight excluding hydrogens is 260 g/mol. The van der Waals surface area contributed by atoms with E-state index < -0.39 is 0 Å². The van der Waals surface area contributed by atoms with Crippen LogP contribution in [0.15, 0.2) is 18.3 Å². The van der Waals surface area contributed by atoms with Crippen molar-refractivity contribution in [2.45, 2.75) is 39.0 Å². The predicted octanol–water partition coefficient (Wildman–Crippen LogP) is 3.44. The zero-order valence-corrected chi connectivity index (χ0v) is 12.3. The van der Waals surface area contributed by atoms with Crippen LogP contribution in [0.5, 0.6) is 0 Å². The molecule has 0 bridgehead atoms. The summed E-state index contributed by atoms with van der Waals surface area (Å²) in [5.74, 6) is 1.04. The van der Waals surface area contributed by atoms with E-state index in [9.17, 15) is 5.26 Å². The summed E-state index contributed by atoms with van der Waals surface area (Å²) >= 11 is 0. The molecule has 1 unspecified atom stereocenters. The fraction of sp³-hybridized carbons (Fsp3) is 0.412. The van der Waals surface area contributed by atoms with Gasteiger partial charge in [-0.2, -0.15) is 5.26 Å². The summed E-state index contributed by atoms with van der Waals surface area (Å²) in [5.41, 5.74) is 10.7. The maximum Gasteiger partial charge on any atom is 0.142 e. The second-order valence-corrected chi connectivity index (χ2v) is 5.77. The summed E-state index contributed by atoms with van der Waals surface area (Å²) in [4.78, 5) is 7.71. The third-order valence-corrected chi connectivity index (χ3v) is 4.37. The van der Waals surface area contributed by atoms with Gasteiger partial charge in [0.25, 0.3) is 0 Å². The number of fused-ring (bicyclic) bond motifs is 1. The van der Waals surface area contributed by atoms with Gasteiger partial charge in [0.15, 0.2) is 0 Å². The fourth-order valence-corrected chi connectivity index (χ4v) is 3.40. The summed E-state index contributed by atoms with van der Waals surface area (Å²) in [6.07, 6.45) is 7.44. The molecule has 0 fully saturated rings. The smallest absolute Gasteiger partial charge is 0.142 e. The number of hydrogen-bond donors (Lipinski definition) is 2. The molecule has 0 aliphatic heterocycles. The number of nitrogens with two attached hydrogens (primary N) is 1. The molecule has 1 atom stereocenters. The number of aromatic amines is 1. The number of pyridine rings is 1. The number of nitrogens with zero attached hydrogens (tertiary/aromatic N) is 2. The Labute approximate surface area is 125 Å². The van der Waals surface area contributed by atoms with Gasteiger partial charge in [-0.05, 0) is 42.9 Å². The van der Waals surface area contributed by atoms with Crippen molar-refractivity contribution in [1.29, 1.82) is 5.26 Å². The van der Waals surface area contributed by atoms with Crippen molar-refractivity contribution in [2.24, 2.45) is 5.92 Å². The first-order chi connectivity index (χ1) is 10.2. The molecule has 0 saturated heterocycles. The number of nitriles is 1. The van der Waals surface area contributed by atoms with E-state index in [0.29, 0.717) is 17.3 Å². The van der Waals surface area contributed by atoms with E-state index in [1.54, 1.807) is 0 Å². The number of nitrogen functional groups attached to an aromatic ring is 1. The lowest BCUT2D eigenvalue weighted by atomic mass is 9.80. The molecule has 21 heavy (non-hydrogen) atoms. The van der Waals surface area contributed by atoms with Crippen LogP contribution in [-0.2, 0) is 12.8 Å². The highest BCUT2D eigenvalue weighted by molar-refractivity contribution is 5.77. The van der Waals surface area contributed by atoms with Gasteiger partial charge >= 0.3 is 0 Å². The third kappa shape index (κ3) is 2.40. The van der Waals surface area contributed by atoms with E-state index in [2.05, 4.69) is 23.0 Å². The topological polar surface area (TPSA) is 78.5 Å². The lowest BCUT2D eigenvalue weighted by Gasteiger charge is -2.26. The number of nitrogens with one attached hydrogen (secondary N) is 1. The second kappa shape index (κ2) is 5.61. The number of aromatic nitrogens is 2. The van der Waals surface area contributed by atoms with Crippen molar-refractivity contribution >= 4 is 5.82 Å². The quantitative estimate of drug-likeness (QED) is 0.904. The number of hydrogen-bond acceptors (Lipinski definition) is 3. The molecule has 2 heterocycles. The fourth-order valence-electron chi connectivity index (χ4n) is 3.40. The predicted molar refractivity (Wildman–Crippen MR) is 83.6 cm³/mol. The molecule has 108 valence electrons. The zero-order valence-electron chi connectivity index (χ0n) is 12.3. The standard InChI is InChI=1S/C17H20N4/c1-2-4-11-6-7-14-12(9-11)16(15-5-3-8-20-15)13(10-18)17(19)21-14/h3,5,8,11,20H,2,4,6-7,9H2,1H3,(H2,19,21). The van der Waals surface area contributed by atoms with Crippen molar-refractivity contribution in [2.75, 3.05) is 5.73 Å². The molecule has 0 saturated carbocycles. The van der Waals surface area contributed by atoms with Gasteiger partial charge in [-0.1, -0.05) is 19.8 Å². The molecule has 0 spiro atoms. The van der Waals surface area contributed by atoms with Crippen molar-refractivity contribution in [3.05, 3.63) is 35.2 Å². The SMILES string of the molecule is CCCC1CCc2nc(N)c(C#N)c(-c3ccc[nH]3)c2C1. The minimum atomic E-state index is 0.356. The molecule has 2 aromatic heterocycles. The van der Waals surface area contributed by atoms with Crippen molar-refractivity contribution < 1.29 is 0 Å². The molecule has 2 aromatic rings. The summed E-state index contributed by atoms with van der Waals surface area (Å²) in [6.45, 7) is 2.23. The molecule has 3 N–H and O–H groups in total. The van der Waals surface area contributed by atoms with Crippen LogP contribution in [0.4, 0.5) is 5.82 Å². The number of anilines is 1. The molecule has 4 heteroatoms. The second-order valence-electron chi connectivity index (χ2n) is 5.77. The normalized spacial score (nSPS) is 17.2. The van der Waals surface area contributed by atoms with Crippen LogP contribution in [0.25, 0.3) is 11.3 Å². The summed E-state index contributed by atoms with van der Waals surface area (Å²) in [6, 6.07) is 6.19. The van der Waals surface area contributed by atoms with Gasteiger partial charge in [0.05, 0.1) is 0 Å². The molecule has 1 aliphatic carbocycles. The Balaban J connectivity index is 2.17. The first-order valence-corrected chi connectivity index (χ1v) is 7.59. The minimum absolute atomic E-state index is 0.356. The van der Waals surface area contributed by atoms with E-state index in [4.69, 9.17) is 5.73 Å². The lowest BCUT2D eigenvalue weighted by Crippen LogP contribution is -2.18. The molecule has 0 aromatic carbocycles. The number of H-pyrrole nitrogens is 1. The largest absolute Gasteiger partial charge is 0.383 e. The zero-order chi connectivity index (χ0) is 14.8. The Morgan fingerprint density at radius 2 is 2.38 bits per heavy atom. The summed E-state index contributed by atoms with van der Waals surface area (Å²) in [5, 5.41) is 9.49. The van der Waals surface area contributed by atoms with Gasteiger partial charge in [-0.15, -0.1) is 0 Å². The van der Waals surface area contributed by atoms with Gasteiger partial charge in [0.2, 0.25) is 0 Å². The van der Waals surface area contributed by atoms with Crippen LogP contribution in [0, 0.1) is 17.2 Å². The van der Waals surface area contributed by atoms with Crippen LogP contribution in [0.3, 0.4) is 0 Å². The maximum absolute atomic E-state index is 9.49. The van der Waals surface area contributed by atoms with Gasteiger partial charge < -0.3 is 10.7 Å². The Bertz CT molecular complexity index is 680. The highest BCUT2D eigenvalue weighted by Gasteiger charge is 2.26. The van der Waals surface area contributed by atoms with Gasteiger partial charge in [-0.25, -0.2) is 4.98 Å². The number of aryl methyl sites for hydroxylation is 1. The van der Waals surface area contributed by atoms with Crippen LogP contribution in [-0.4, -0.2) is 9.97 Å². The van der Waals surface area contributed by atoms with E-state index in [0.717, 1.165) is 29.8 Å². The first-order valence-electron chi connectivity index (χ1n) is 7.59. The van der Waals surface area contributed by atoms with Crippen LogP contribution in [0.1, 0.15) is 43.0 Å². The Morgan fingerprint density at radius 3 is 3.05 bits per heavy atom. The molecular formula is C17H20N4. The first kappa shape index (κ1) is 13.7. The third-order valence-electron chi connectivity index (χ3n) is 4.37. The van der Waals surface area contributed by atoms with Crippen molar-refractivity contribution in [3.8, 4) is 17.3 Å². The number of rotatable bonds is 3. The molecule has 0 radical (unpaired) electrons. The van der Waals surface area contributed by atoms with Crippen molar-refractivity contribution in [3.63, 3.8) is 0 Å². The lowest BCUT2D eigenvalue weighted by molar-refractivity contribution is 0.419.